The van der Waals surface area contributed by atoms with E-state index in [2.05, 4.69) is 17.4 Å². The summed E-state index contributed by atoms with van der Waals surface area (Å²) in [6.07, 6.45) is 3.44. The number of hydrogen-bond acceptors (Lipinski definition) is 5. The number of fused-ring (bicyclic) bond motifs is 1. The zero-order valence-electron chi connectivity index (χ0n) is 18.3. The van der Waals surface area contributed by atoms with Crippen molar-refractivity contribution in [3.05, 3.63) is 54.1 Å². The molecule has 0 bridgehead atoms. The molecule has 2 aliphatic rings. The summed E-state index contributed by atoms with van der Waals surface area (Å²) in [4.78, 5) is 27.0. The Labute approximate surface area is 188 Å². The first-order valence-corrected chi connectivity index (χ1v) is 11.3. The Morgan fingerprint density at radius 1 is 1.00 bits per heavy atom. The lowest BCUT2D eigenvalue weighted by Crippen LogP contribution is -2.41. The van der Waals surface area contributed by atoms with Crippen molar-refractivity contribution in [1.29, 1.82) is 0 Å². The SMILES string of the molecule is O=C(Nc1ccc2c(c1)OCO2)C1CCN(C(=O)CCCOCCc2ccccc2)CC1. The van der Waals surface area contributed by atoms with Crippen LogP contribution in [0.2, 0.25) is 0 Å². The topological polar surface area (TPSA) is 77.1 Å². The van der Waals surface area contributed by atoms with Gasteiger partial charge >= 0.3 is 0 Å². The van der Waals surface area contributed by atoms with Gasteiger partial charge in [0.1, 0.15) is 0 Å². The van der Waals surface area contributed by atoms with Gasteiger partial charge in [-0.05, 0) is 43.4 Å². The number of carbonyl (C=O) groups excluding carboxylic acids is 2. The average molecular weight is 439 g/mol. The molecule has 0 atom stereocenters. The van der Waals surface area contributed by atoms with Crippen LogP contribution in [0.25, 0.3) is 0 Å². The lowest BCUT2D eigenvalue weighted by Gasteiger charge is -2.31. The predicted molar refractivity (Wildman–Crippen MR) is 121 cm³/mol. The summed E-state index contributed by atoms with van der Waals surface area (Å²) in [7, 11) is 0. The third-order valence-corrected chi connectivity index (χ3v) is 5.92. The number of hydrogen-bond donors (Lipinski definition) is 1. The summed E-state index contributed by atoms with van der Waals surface area (Å²) in [5.74, 6) is 1.38. The van der Waals surface area contributed by atoms with Gasteiger partial charge in [0.25, 0.3) is 0 Å². The standard InChI is InChI=1S/C25H30N2O5/c28-24(7-4-15-30-16-12-19-5-2-1-3-6-19)27-13-10-20(11-14-27)25(29)26-21-8-9-22-23(17-21)32-18-31-22/h1-3,5-6,8-9,17,20H,4,7,10-16,18H2,(H,26,29). The summed E-state index contributed by atoms with van der Waals surface area (Å²) in [5.41, 5.74) is 1.96. The molecule has 0 unspecified atom stereocenters. The highest BCUT2D eigenvalue weighted by atomic mass is 16.7. The van der Waals surface area contributed by atoms with Gasteiger partial charge in [-0.1, -0.05) is 30.3 Å². The minimum Gasteiger partial charge on any atom is -0.454 e. The Morgan fingerprint density at radius 3 is 2.59 bits per heavy atom. The van der Waals surface area contributed by atoms with E-state index >= 15 is 0 Å². The number of likely N-dealkylation sites (tertiary alicyclic amines) is 1. The minimum absolute atomic E-state index is 0.0113. The predicted octanol–water partition coefficient (Wildman–Crippen LogP) is 3.63. The van der Waals surface area contributed by atoms with E-state index in [4.69, 9.17) is 14.2 Å². The van der Waals surface area contributed by atoms with Crippen LogP contribution in [0.5, 0.6) is 11.5 Å². The molecule has 2 aromatic rings. The van der Waals surface area contributed by atoms with Gasteiger partial charge in [0.15, 0.2) is 11.5 Å². The molecular formula is C25H30N2O5. The first-order valence-electron chi connectivity index (χ1n) is 11.3. The average Bonchev–Trinajstić information content (AvgIpc) is 3.30. The van der Waals surface area contributed by atoms with Crippen molar-refractivity contribution in [2.24, 2.45) is 5.92 Å². The largest absolute Gasteiger partial charge is 0.454 e. The van der Waals surface area contributed by atoms with Gasteiger partial charge in [0, 0.05) is 43.8 Å². The fraction of sp³-hybridized carbons (Fsp3) is 0.440. The first kappa shape index (κ1) is 22.1. The molecule has 0 radical (unpaired) electrons. The number of amides is 2. The number of anilines is 1. The van der Waals surface area contributed by atoms with Crippen LogP contribution < -0.4 is 14.8 Å². The molecule has 0 saturated carbocycles. The van der Waals surface area contributed by atoms with Crippen LogP contribution in [-0.4, -0.2) is 49.8 Å². The number of benzene rings is 2. The van der Waals surface area contributed by atoms with Crippen LogP contribution in [0.3, 0.4) is 0 Å². The number of carbonyl (C=O) groups is 2. The van der Waals surface area contributed by atoms with E-state index in [0.29, 0.717) is 62.8 Å². The molecule has 0 aliphatic carbocycles. The lowest BCUT2D eigenvalue weighted by molar-refractivity contribution is -0.134. The maximum absolute atomic E-state index is 12.6. The van der Waals surface area contributed by atoms with Crippen molar-refractivity contribution in [3.8, 4) is 11.5 Å². The second-order valence-electron chi connectivity index (χ2n) is 8.16. The summed E-state index contributed by atoms with van der Waals surface area (Å²) >= 11 is 0. The summed E-state index contributed by atoms with van der Waals surface area (Å²) < 4.78 is 16.3. The zero-order chi connectivity index (χ0) is 22.2. The van der Waals surface area contributed by atoms with Crippen LogP contribution in [-0.2, 0) is 20.7 Å². The van der Waals surface area contributed by atoms with Crippen molar-refractivity contribution in [2.45, 2.75) is 32.1 Å². The molecule has 7 heteroatoms. The van der Waals surface area contributed by atoms with Crippen LogP contribution in [0.1, 0.15) is 31.2 Å². The highest BCUT2D eigenvalue weighted by Gasteiger charge is 2.27. The maximum Gasteiger partial charge on any atom is 0.231 e. The second-order valence-corrected chi connectivity index (χ2v) is 8.16. The smallest absolute Gasteiger partial charge is 0.231 e. The Kier molecular flexibility index (Phi) is 7.61. The molecule has 1 N–H and O–H groups in total. The zero-order valence-corrected chi connectivity index (χ0v) is 18.3. The Bertz CT molecular complexity index is 910. The molecule has 170 valence electrons. The van der Waals surface area contributed by atoms with Gasteiger partial charge in [-0.3, -0.25) is 9.59 Å². The van der Waals surface area contributed by atoms with Crippen LogP contribution in [0.4, 0.5) is 5.69 Å². The second kappa shape index (κ2) is 11.0. The number of piperidine rings is 1. The molecule has 1 fully saturated rings. The first-order chi connectivity index (χ1) is 15.7. The highest BCUT2D eigenvalue weighted by molar-refractivity contribution is 5.93. The molecular weight excluding hydrogens is 408 g/mol. The van der Waals surface area contributed by atoms with Crippen molar-refractivity contribution >= 4 is 17.5 Å². The molecule has 32 heavy (non-hydrogen) atoms. The fourth-order valence-electron chi connectivity index (χ4n) is 4.03. The van der Waals surface area contributed by atoms with Crippen LogP contribution >= 0.6 is 0 Å². The third-order valence-electron chi connectivity index (χ3n) is 5.92. The van der Waals surface area contributed by atoms with Crippen molar-refractivity contribution in [2.75, 3.05) is 38.4 Å². The minimum atomic E-state index is -0.0919. The molecule has 0 spiro atoms. The molecule has 2 aliphatic heterocycles. The van der Waals surface area contributed by atoms with Gasteiger partial charge in [-0.2, -0.15) is 0 Å². The van der Waals surface area contributed by atoms with Gasteiger partial charge in [-0.25, -0.2) is 0 Å². The van der Waals surface area contributed by atoms with E-state index in [9.17, 15) is 9.59 Å². The Balaban J connectivity index is 1.10. The normalized spacial score (nSPS) is 15.6. The van der Waals surface area contributed by atoms with Crippen molar-refractivity contribution in [3.63, 3.8) is 0 Å². The van der Waals surface area contributed by atoms with Crippen molar-refractivity contribution < 1.29 is 23.8 Å². The third kappa shape index (κ3) is 6.01. The van der Waals surface area contributed by atoms with E-state index in [1.54, 1.807) is 12.1 Å². The lowest BCUT2D eigenvalue weighted by atomic mass is 9.95. The molecule has 2 amide bonds. The number of ether oxygens (including phenoxy) is 3. The van der Waals surface area contributed by atoms with Gasteiger partial charge < -0.3 is 24.4 Å². The monoisotopic (exact) mass is 438 g/mol. The Hall–Kier alpha value is -3.06. The van der Waals surface area contributed by atoms with E-state index < -0.39 is 0 Å². The number of nitrogens with zero attached hydrogens (tertiary/aromatic N) is 1. The molecule has 0 aromatic heterocycles. The molecule has 2 aromatic carbocycles. The van der Waals surface area contributed by atoms with Gasteiger partial charge in [0.05, 0.1) is 6.61 Å². The molecule has 4 rings (SSSR count). The van der Waals surface area contributed by atoms with Gasteiger partial charge in [0.2, 0.25) is 18.6 Å². The summed E-state index contributed by atoms with van der Waals surface area (Å²) in [6, 6.07) is 15.6. The molecule has 2 heterocycles. The Morgan fingerprint density at radius 2 is 1.78 bits per heavy atom. The summed E-state index contributed by atoms with van der Waals surface area (Å²) in [6.45, 7) is 2.70. The molecule has 1 saturated heterocycles. The number of nitrogens with one attached hydrogen (secondary N) is 1. The fourth-order valence-corrected chi connectivity index (χ4v) is 4.03. The van der Waals surface area contributed by atoms with E-state index in [0.717, 1.165) is 12.8 Å². The van der Waals surface area contributed by atoms with Crippen LogP contribution in [0, 0.1) is 5.92 Å². The highest BCUT2D eigenvalue weighted by Crippen LogP contribution is 2.34. The number of rotatable bonds is 9. The van der Waals surface area contributed by atoms with Crippen LogP contribution in [0.15, 0.2) is 48.5 Å². The van der Waals surface area contributed by atoms with E-state index in [1.807, 2.05) is 29.2 Å². The van der Waals surface area contributed by atoms with Crippen molar-refractivity contribution in [1.82, 2.24) is 4.90 Å². The summed E-state index contributed by atoms with van der Waals surface area (Å²) in [5, 5.41) is 2.96. The van der Waals surface area contributed by atoms with E-state index in [-0.39, 0.29) is 24.5 Å². The van der Waals surface area contributed by atoms with Gasteiger partial charge in [-0.15, -0.1) is 0 Å². The quantitative estimate of drug-likeness (QED) is 0.605. The molecule has 7 nitrogen and oxygen atoms in total. The maximum atomic E-state index is 12.6. The van der Waals surface area contributed by atoms with E-state index in [1.165, 1.54) is 5.56 Å².